The highest BCUT2D eigenvalue weighted by molar-refractivity contribution is 7.99. The second-order valence-electron chi connectivity index (χ2n) is 4.95. The third-order valence-corrected chi connectivity index (χ3v) is 4.33. The molecule has 2 N–H and O–H groups in total. The van der Waals surface area contributed by atoms with Gasteiger partial charge in [-0.3, -0.25) is 4.79 Å². The molecule has 5 nitrogen and oxygen atoms in total. The molecule has 0 saturated heterocycles. The summed E-state index contributed by atoms with van der Waals surface area (Å²) in [6, 6.07) is 6.76. The predicted molar refractivity (Wildman–Crippen MR) is 89.7 cm³/mol. The number of hydrogen-bond donors (Lipinski definition) is 2. The molecule has 2 heterocycles. The van der Waals surface area contributed by atoms with E-state index in [0.29, 0.717) is 10.8 Å². The normalized spacial score (nSPS) is 11.7. The lowest BCUT2D eigenvalue weighted by atomic mass is 10.2. The van der Waals surface area contributed by atoms with Crippen molar-refractivity contribution in [3.05, 3.63) is 47.1 Å². The van der Waals surface area contributed by atoms with Gasteiger partial charge in [0.25, 0.3) is 0 Å². The third kappa shape index (κ3) is 4.23. The van der Waals surface area contributed by atoms with Crippen molar-refractivity contribution < 1.29 is 18.0 Å². The van der Waals surface area contributed by atoms with Crippen molar-refractivity contribution >= 4 is 46.1 Å². The van der Waals surface area contributed by atoms with Crippen LogP contribution in [0.4, 0.5) is 18.9 Å². The first kappa shape index (κ1) is 17.6. The monoisotopic (exact) mass is 386 g/mol. The lowest BCUT2D eigenvalue weighted by Crippen LogP contribution is -2.15. The molecule has 10 heteroatoms. The first-order chi connectivity index (χ1) is 11.8. The van der Waals surface area contributed by atoms with E-state index in [4.69, 9.17) is 11.6 Å². The molecule has 130 valence electrons. The first-order valence-electron chi connectivity index (χ1n) is 6.93. The van der Waals surface area contributed by atoms with E-state index in [2.05, 4.69) is 20.3 Å². The second-order valence-corrected chi connectivity index (χ2v) is 6.32. The molecule has 0 atom stereocenters. The molecule has 3 rings (SSSR count). The number of thioether (sulfide) groups is 1. The molecule has 3 aromatic rings. The Labute approximate surface area is 149 Å². The van der Waals surface area contributed by atoms with Gasteiger partial charge in [0.1, 0.15) is 0 Å². The maximum absolute atomic E-state index is 12.8. The van der Waals surface area contributed by atoms with Crippen molar-refractivity contribution in [2.24, 2.45) is 0 Å². The average molecular weight is 387 g/mol. The highest BCUT2D eigenvalue weighted by Crippen LogP contribution is 2.36. The summed E-state index contributed by atoms with van der Waals surface area (Å²) in [5, 5.41) is 2.48. The van der Waals surface area contributed by atoms with Crippen LogP contribution in [0.15, 0.2) is 41.7 Å². The van der Waals surface area contributed by atoms with Gasteiger partial charge >= 0.3 is 6.18 Å². The molecule has 0 saturated carbocycles. The summed E-state index contributed by atoms with van der Waals surface area (Å²) in [5.74, 6) is -0.488. The zero-order valence-corrected chi connectivity index (χ0v) is 14.0. The predicted octanol–water partition coefficient (Wildman–Crippen LogP) is 4.36. The second kappa shape index (κ2) is 6.93. The number of anilines is 1. The molecule has 2 aromatic heterocycles. The number of aromatic amines is 1. The minimum atomic E-state index is -4.59. The van der Waals surface area contributed by atoms with Gasteiger partial charge in [0.2, 0.25) is 5.91 Å². The van der Waals surface area contributed by atoms with Crippen LogP contribution in [0.2, 0.25) is 5.02 Å². The van der Waals surface area contributed by atoms with E-state index in [-0.39, 0.29) is 11.4 Å². The summed E-state index contributed by atoms with van der Waals surface area (Å²) < 4.78 is 38.5. The Hall–Kier alpha value is -2.26. The van der Waals surface area contributed by atoms with Gasteiger partial charge in [-0.1, -0.05) is 23.4 Å². The zero-order chi connectivity index (χ0) is 18.0. The SMILES string of the molecule is O=C(CSc1nc2ncccc2[nH]1)Nc1ccc(Cl)c(C(F)(F)F)c1. The summed E-state index contributed by atoms with van der Waals surface area (Å²) in [7, 11) is 0. The fraction of sp³-hybridized carbons (Fsp3) is 0.133. The maximum Gasteiger partial charge on any atom is 0.417 e. The molecule has 1 amide bonds. The summed E-state index contributed by atoms with van der Waals surface area (Å²) in [5.41, 5.74) is 0.285. The van der Waals surface area contributed by atoms with Gasteiger partial charge in [0.15, 0.2) is 10.8 Å². The van der Waals surface area contributed by atoms with Crippen LogP contribution < -0.4 is 5.32 Å². The molecule has 0 unspecified atom stereocenters. The number of carbonyl (C=O) groups is 1. The molecule has 0 aliphatic carbocycles. The van der Waals surface area contributed by atoms with Crippen LogP contribution in [0.3, 0.4) is 0 Å². The number of fused-ring (bicyclic) bond motifs is 1. The highest BCUT2D eigenvalue weighted by atomic mass is 35.5. The van der Waals surface area contributed by atoms with Crippen LogP contribution in [0.1, 0.15) is 5.56 Å². The van der Waals surface area contributed by atoms with Gasteiger partial charge in [-0.2, -0.15) is 13.2 Å². The number of halogens is 4. The Bertz CT molecular complexity index is 896. The van der Waals surface area contributed by atoms with Crippen molar-refractivity contribution in [2.75, 3.05) is 11.1 Å². The van der Waals surface area contributed by atoms with E-state index in [0.717, 1.165) is 29.4 Å². The lowest BCUT2D eigenvalue weighted by Gasteiger charge is -2.11. The number of amides is 1. The number of imidazole rings is 1. The maximum atomic E-state index is 12.8. The van der Waals surface area contributed by atoms with Crippen LogP contribution >= 0.6 is 23.4 Å². The summed E-state index contributed by atoms with van der Waals surface area (Å²) in [6.45, 7) is 0. The Kier molecular flexibility index (Phi) is 4.87. The standard InChI is InChI=1S/C15H10ClF3N4OS/c16-10-4-3-8(6-9(10)15(17,18)19)21-12(24)7-25-14-22-11-2-1-5-20-13(11)23-14/h1-6H,7H2,(H,21,24)(H,20,22,23). The van der Waals surface area contributed by atoms with Gasteiger partial charge in [-0.05, 0) is 30.3 Å². The number of nitrogens with zero attached hydrogens (tertiary/aromatic N) is 2. The Morgan fingerprint density at radius 2 is 2.12 bits per heavy atom. The molecular formula is C15H10ClF3N4OS. The zero-order valence-electron chi connectivity index (χ0n) is 12.4. The van der Waals surface area contributed by atoms with Crippen molar-refractivity contribution in [1.82, 2.24) is 15.0 Å². The van der Waals surface area contributed by atoms with Crippen molar-refractivity contribution in [1.29, 1.82) is 0 Å². The number of hydrogen-bond acceptors (Lipinski definition) is 4. The summed E-state index contributed by atoms with van der Waals surface area (Å²) >= 11 is 6.66. The average Bonchev–Trinajstić information content (AvgIpc) is 2.96. The largest absolute Gasteiger partial charge is 0.417 e. The van der Waals surface area contributed by atoms with E-state index in [1.54, 1.807) is 18.3 Å². The van der Waals surface area contributed by atoms with Gasteiger partial charge in [-0.25, -0.2) is 9.97 Å². The number of benzene rings is 1. The Morgan fingerprint density at radius 3 is 2.84 bits per heavy atom. The number of alkyl halides is 3. The fourth-order valence-corrected chi connectivity index (χ4v) is 2.94. The first-order valence-corrected chi connectivity index (χ1v) is 8.29. The van der Waals surface area contributed by atoms with Crippen molar-refractivity contribution in [3.63, 3.8) is 0 Å². The highest BCUT2D eigenvalue weighted by Gasteiger charge is 2.33. The van der Waals surface area contributed by atoms with Crippen LogP contribution in [0, 0.1) is 0 Å². The van der Waals surface area contributed by atoms with Gasteiger partial charge in [0.05, 0.1) is 21.9 Å². The Morgan fingerprint density at radius 1 is 1.32 bits per heavy atom. The van der Waals surface area contributed by atoms with Crippen molar-refractivity contribution in [3.8, 4) is 0 Å². The van der Waals surface area contributed by atoms with E-state index >= 15 is 0 Å². The van der Waals surface area contributed by atoms with Crippen LogP contribution in [0.25, 0.3) is 11.2 Å². The van der Waals surface area contributed by atoms with Crippen molar-refractivity contribution in [2.45, 2.75) is 11.3 Å². The summed E-state index contributed by atoms with van der Waals surface area (Å²) in [4.78, 5) is 23.2. The molecular weight excluding hydrogens is 377 g/mol. The van der Waals surface area contributed by atoms with Crippen LogP contribution in [-0.4, -0.2) is 26.6 Å². The topological polar surface area (TPSA) is 70.7 Å². The van der Waals surface area contributed by atoms with E-state index in [9.17, 15) is 18.0 Å². The number of aromatic nitrogens is 3. The van der Waals surface area contributed by atoms with Crippen LogP contribution in [-0.2, 0) is 11.0 Å². The van der Waals surface area contributed by atoms with E-state index in [1.807, 2.05) is 0 Å². The quantitative estimate of drug-likeness (QED) is 0.653. The fourth-order valence-electron chi connectivity index (χ4n) is 2.04. The van der Waals surface area contributed by atoms with Crippen LogP contribution in [0.5, 0.6) is 0 Å². The van der Waals surface area contributed by atoms with Gasteiger partial charge in [-0.15, -0.1) is 0 Å². The number of rotatable bonds is 4. The smallest absolute Gasteiger partial charge is 0.332 e. The van der Waals surface area contributed by atoms with E-state index in [1.165, 1.54) is 6.07 Å². The summed E-state index contributed by atoms with van der Waals surface area (Å²) in [6.07, 6.45) is -2.99. The molecule has 1 aromatic carbocycles. The number of pyridine rings is 1. The lowest BCUT2D eigenvalue weighted by molar-refractivity contribution is -0.137. The minimum Gasteiger partial charge on any atom is -0.332 e. The van der Waals surface area contributed by atoms with Gasteiger partial charge < -0.3 is 10.3 Å². The number of carbonyl (C=O) groups excluding carboxylic acids is 1. The molecule has 0 radical (unpaired) electrons. The minimum absolute atomic E-state index is 0.0218. The van der Waals surface area contributed by atoms with Gasteiger partial charge in [0, 0.05) is 11.9 Å². The molecule has 25 heavy (non-hydrogen) atoms. The number of H-pyrrole nitrogens is 1. The number of nitrogens with one attached hydrogen (secondary N) is 2. The molecule has 0 aliphatic rings. The molecule has 0 fully saturated rings. The molecule has 0 bridgehead atoms. The van der Waals surface area contributed by atoms with E-state index < -0.39 is 22.7 Å². The molecule has 0 spiro atoms. The molecule has 0 aliphatic heterocycles. The Balaban J connectivity index is 1.64. The third-order valence-electron chi connectivity index (χ3n) is 3.13.